The van der Waals surface area contributed by atoms with Crippen LogP contribution in [-0.2, 0) is 6.54 Å². The van der Waals surface area contributed by atoms with Crippen LogP contribution in [-0.4, -0.2) is 30.1 Å². The molecule has 0 radical (unpaired) electrons. The predicted molar refractivity (Wildman–Crippen MR) is 71.2 cm³/mol. The molecule has 2 heterocycles. The highest BCUT2D eigenvalue weighted by molar-refractivity contribution is 6.30. The first-order chi connectivity index (χ1) is 8.74. The summed E-state index contributed by atoms with van der Waals surface area (Å²) in [6.45, 7) is 3.07. The third-order valence-corrected chi connectivity index (χ3v) is 4.44. The molecule has 4 heteroatoms. The van der Waals surface area contributed by atoms with E-state index in [2.05, 4.69) is 10.2 Å². The molecule has 2 fully saturated rings. The van der Waals surface area contributed by atoms with Crippen LogP contribution in [0.5, 0.6) is 0 Å². The summed E-state index contributed by atoms with van der Waals surface area (Å²) in [7, 11) is 0. The number of hydrogen-bond acceptors (Lipinski definition) is 2. The van der Waals surface area contributed by atoms with Gasteiger partial charge < -0.3 is 5.32 Å². The van der Waals surface area contributed by atoms with Crippen molar-refractivity contribution in [2.24, 2.45) is 0 Å². The Morgan fingerprint density at radius 2 is 2.11 bits per heavy atom. The molecule has 2 bridgehead atoms. The van der Waals surface area contributed by atoms with Crippen molar-refractivity contribution in [3.8, 4) is 0 Å². The molecule has 98 valence electrons. The van der Waals surface area contributed by atoms with Crippen LogP contribution in [0.4, 0.5) is 4.39 Å². The van der Waals surface area contributed by atoms with Crippen LogP contribution in [0.15, 0.2) is 18.2 Å². The van der Waals surface area contributed by atoms with Crippen molar-refractivity contribution in [1.82, 2.24) is 10.2 Å². The molecule has 18 heavy (non-hydrogen) atoms. The Balaban J connectivity index is 1.77. The van der Waals surface area contributed by atoms with Gasteiger partial charge in [-0.05, 0) is 43.5 Å². The molecule has 2 nitrogen and oxygen atoms in total. The Hall–Kier alpha value is -0.640. The summed E-state index contributed by atoms with van der Waals surface area (Å²) in [5.41, 5.74) is 1.11. The number of halogens is 2. The lowest BCUT2D eigenvalue weighted by atomic mass is 10.1. The van der Waals surface area contributed by atoms with Crippen molar-refractivity contribution >= 4 is 11.6 Å². The molecule has 2 unspecified atom stereocenters. The molecule has 3 rings (SSSR count). The van der Waals surface area contributed by atoms with Crippen LogP contribution in [0, 0.1) is 5.82 Å². The van der Waals surface area contributed by atoms with Crippen molar-refractivity contribution in [1.29, 1.82) is 0 Å². The molecular formula is C14H18ClFN2. The lowest BCUT2D eigenvalue weighted by Gasteiger charge is -2.27. The van der Waals surface area contributed by atoms with E-state index in [0.29, 0.717) is 12.1 Å². The molecule has 0 aliphatic carbocycles. The van der Waals surface area contributed by atoms with Gasteiger partial charge in [0.05, 0.1) is 5.02 Å². The molecule has 0 amide bonds. The number of nitrogens with zero attached hydrogens (tertiary/aromatic N) is 1. The molecule has 0 saturated carbocycles. The van der Waals surface area contributed by atoms with Gasteiger partial charge in [-0.1, -0.05) is 17.7 Å². The van der Waals surface area contributed by atoms with Crippen molar-refractivity contribution in [3.63, 3.8) is 0 Å². The maximum absolute atomic E-state index is 13.2. The minimum atomic E-state index is -0.332. The van der Waals surface area contributed by atoms with Crippen LogP contribution in [0.3, 0.4) is 0 Å². The average molecular weight is 269 g/mol. The summed E-state index contributed by atoms with van der Waals surface area (Å²) < 4.78 is 13.2. The second kappa shape index (κ2) is 5.16. The van der Waals surface area contributed by atoms with Gasteiger partial charge in [0.15, 0.2) is 0 Å². The van der Waals surface area contributed by atoms with Crippen molar-refractivity contribution in [2.75, 3.05) is 13.1 Å². The van der Waals surface area contributed by atoms with E-state index in [0.717, 1.165) is 25.2 Å². The fourth-order valence-corrected chi connectivity index (χ4v) is 3.39. The van der Waals surface area contributed by atoms with E-state index in [4.69, 9.17) is 11.6 Å². The number of nitrogens with one attached hydrogen (secondary N) is 1. The molecule has 1 N–H and O–H groups in total. The van der Waals surface area contributed by atoms with E-state index in [-0.39, 0.29) is 10.8 Å². The molecule has 1 aromatic carbocycles. The molecule has 1 aromatic rings. The third kappa shape index (κ3) is 2.40. The molecule has 2 atom stereocenters. The molecular weight excluding hydrogens is 251 g/mol. The largest absolute Gasteiger partial charge is 0.315 e. The van der Waals surface area contributed by atoms with Gasteiger partial charge >= 0.3 is 0 Å². The Bertz CT molecular complexity index is 424. The zero-order valence-corrected chi connectivity index (χ0v) is 11.1. The van der Waals surface area contributed by atoms with E-state index in [1.165, 1.54) is 25.3 Å². The Kier molecular flexibility index (Phi) is 3.55. The van der Waals surface area contributed by atoms with E-state index in [9.17, 15) is 4.39 Å². The standard InChI is InChI=1S/C14H18ClFN2/c15-13-7-10(1-4-14(13)16)9-18-11-2-3-12(18)8-17-6-5-11/h1,4,7,11-12,17H,2-3,5-6,8-9H2. The van der Waals surface area contributed by atoms with Gasteiger partial charge in [-0.25, -0.2) is 4.39 Å². The number of benzene rings is 1. The first-order valence-corrected chi connectivity index (χ1v) is 7.02. The van der Waals surface area contributed by atoms with Gasteiger partial charge in [0, 0.05) is 25.2 Å². The van der Waals surface area contributed by atoms with E-state index >= 15 is 0 Å². The summed E-state index contributed by atoms with van der Waals surface area (Å²) in [6.07, 6.45) is 3.78. The number of rotatable bonds is 2. The molecule has 2 aliphatic heterocycles. The van der Waals surface area contributed by atoms with Crippen molar-refractivity contribution < 1.29 is 4.39 Å². The van der Waals surface area contributed by atoms with Crippen LogP contribution in [0.2, 0.25) is 5.02 Å². The third-order valence-electron chi connectivity index (χ3n) is 4.15. The van der Waals surface area contributed by atoms with Gasteiger partial charge in [-0.15, -0.1) is 0 Å². The highest BCUT2D eigenvalue weighted by Crippen LogP contribution is 2.30. The van der Waals surface area contributed by atoms with Crippen molar-refractivity contribution in [3.05, 3.63) is 34.6 Å². The second-order valence-electron chi connectivity index (χ2n) is 5.30. The summed E-state index contributed by atoms with van der Waals surface area (Å²) in [5, 5.41) is 3.72. The topological polar surface area (TPSA) is 15.3 Å². The maximum Gasteiger partial charge on any atom is 0.141 e. The predicted octanol–water partition coefficient (Wildman–Crippen LogP) is 2.81. The normalized spacial score (nSPS) is 28.3. The second-order valence-corrected chi connectivity index (χ2v) is 5.71. The van der Waals surface area contributed by atoms with Crippen LogP contribution in [0.25, 0.3) is 0 Å². The number of fused-ring (bicyclic) bond motifs is 2. The Labute approximate surface area is 112 Å². The Morgan fingerprint density at radius 1 is 1.28 bits per heavy atom. The smallest absolute Gasteiger partial charge is 0.141 e. The van der Waals surface area contributed by atoms with Crippen LogP contribution < -0.4 is 5.32 Å². The van der Waals surface area contributed by atoms with E-state index in [1.54, 1.807) is 6.07 Å². The lowest BCUT2D eigenvalue weighted by Crippen LogP contribution is -2.37. The molecule has 2 aliphatic rings. The fourth-order valence-electron chi connectivity index (χ4n) is 3.19. The molecule has 0 spiro atoms. The summed E-state index contributed by atoms with van der Waals surface area (Å²) >= 11 is 5.85. The lowest BCUT2D eigenvalue weighted by molar-refractivity contribution is 0.193. The minimum absolute atomic E-state index is 0.229. The van der Waals surface area contributed by atoms with Gasteiger partial charge in [0.1, 0.15) is 5.82 Å². The molecule has 0 aromatic heterocycles. The zero-order valence-electron chi connectivity index (χ0n) is 10.3. The van der Waals surface area contributed by atoms with Gasteiger partial charge in [0.2, 0.25) is 0 Å². The first kappa shape index (κ1) is 12.4. The minimum Gasteiger partial charge on any atom is -0.315 e. The molecule has 2 saturated heterocycles. The highest BCUT2D eigenvalue weighted by Gasteiger charge is 2.34. The van der Waals surface area contributed by atoms with E-state index < -0.39 is 0 Å². The monoisotopic (exact) mass is 268 g/mol. The summed E-state index contributed by atoms with van der Waals surface area (Å²) in [4.78, 5) is 2.56. The number of hydrogen-bond donors (Lipinski definition) is 1. The highest BCUT2D eigenvalue weighted by atomic mass is 35.5. The van der Waals surface area contributed by atoms with Crippen LogP contribution in [0.1, 0.15) is 24.8 Å². The quantitative estimate of drug-likeness (QED) is 0.887. The zero-order chi connectivity index (χ0) is 12.5. The van der Waals surface area contributed by atoms with Gasteiger partial charge in [-0.3, -0.25) is 4.90 Å². The first-order valence-electron chi connectivity index (χ1n) is 6.64. The van der Waals surface area contributed by atoms with Gasteiger partial charge in [0.25, 0.3) is 0 Å². The summed E-state index contributed by atoms with van der Waals surface area (Å²) in [5.74, 6) is -0.332. The van der Waals surface area contributed by atoms with Gasteiger partial charge in [-0.2, -0.15) is 0 Å². The SMILES string of the molecule is Fc1ccc(CN2C3CCNCC2CC3)cc1Cl. The Morgan fingerprint density at radius 3 is 2.94 bits per heavy atom. The summed E-state index contributed by atoms with van der Waals surface area (Å²) in [6, 6.07) is 6.37. The van der Waals surface area contributed by atoms with Crippen molar-refractivity contribution in [2.45, 2.75) is 37.9 Å². The van der Waals surface area contributed by atoms with E-state index in [1.807, 2.05) is 6.07 Å². The maximum atomic E-state index is 13.2. The fraction of sp³-hybridized carbons (Fsp3) is 0.571. The average Bonchev–Trinajstić information content (AvgIpc) is 2.58. The van der Waals surface area contributed by atoms with Crippen LogP contribution >= 0.6 is 11.6 Å².